The maximum absolute atomic E-state index is 12.7. The van der Waals surface area contributed by atoms with Crippen molar-refractivity contribution in [1.29, 1.82) is 0 Å². The van der Waals surface area contributed by atoms with Crippen LogP contribution >= 0.6 is 11.6 Å². The van der Waals surface area contributed by atoms with Gasteiger partial charge in [-0.3, -0.25) is 0 Å². The third-order valence-electron chi connectivity index (χ3n) is 2.80. The number of sulfonamides is 1. The first-order chi connectivity index (χ1) is 10.8. The first-order valence-electron chi connectivity index (χ1n) is 6.23. The molecular weight excluding hydrogens is 342 g/mol. The Balaban J connectivity index is 3.50. The molecule has 0 aromatic heterocycles. The SMILES string of the molecule is C#CCN(CC#CC)S(=O)(=O)c1cc(OC)c(C(=O)O)cc1Cl. The number of hydrogen-bond donors (Lipinski definition) is 1. The largest absolute Gasteiger partial charge is 0.496 e. The highest BCUT2D eigenvalue weighted by Crippen LogP contribution is 2.32. The first kappa shape index (κ1) is 18.9. The monoisotopic (exact) mass is 355 g/mol. The topological polar surface area (TPSA) is 83.9 Å². The Morgan fingerprint density at radius 1 is 1.43 bits per heavy atom. The number of carbonyl (C=O) groups is 1. The van der Waals surface area contributed by atoms with Gasteiger partial charge in [0.2, 0.25) is 10.0 Å². The van der Waals surface area contributed by atoms with E-state index in [9.17, 15) is 13.2 Å². The Kier molecular flexibility index (Phi) is 6.47. The van der Waals surface area contributed by atoms with Crippen LogP contribution in [0.2, 0.25) is 5.02 Å². The highest BCUT2D eigenvalue weighted by atomic mass is 35.5. The summed E-state index contributed by atoms with van der Waals surface area (Å²) in [6, 6.07) is 2.08. The average Bonchev–Trinajstić information content (AvgIpc) is 2.50. The third-order valence-corrected chi connectivity index (χ3v) is 5.06. The van der Waals surface area contributed by atoms with Gasteiger partial charge in [0.05, 0.1) is 25.2 Å². The molecule has 23 heavy (non-hydrogen) atoms. The minimum atomic E-state index is -4.06. The summed E-state index contributed by atoms with van der Waals surface area (Å²) in [5.74, 6) is 6.03. The Morgan fingerprint density at radius 2 is 2.09 bits per heavy atom. The maximum atomic E-state index is 12.7. The molecule has 0 unspecified atom stereocenters. The summed E-state index contributed by atoms with van der Waals surface area (Å²) in [7, 11) is -2.83. The van der Waals surface area contributed by atoms with Crippen molar-refractivity contribution < 1.29 is 23.1 Å². The standard InChI is InChI=1S/C15H14ClNO5S/c1-4-6-8-17(7-5-2)23(20,21)14-10-13(22-3)11(15(18)19)9-12(14)16/h2,9-10H,7-8H2,1,3H3,(H,18,19). The maximum Gasteiger partial charge on any atom is 0.339 e. The molecule has 0 spiro atoms. The summed E-state index contributed by atoms with van der Waals surface area (Å²) in [5.41, 5.74) is -0.242. The molecule has 0 bridgehead atoms. The number of rotatable bonds is 6. The number of aromatic carboxylic acids is 1. The average molecular weight is 356 g/mol. The Morgan fingerprint density at radius 3 is 2.57 bits per heavy atom. The molecule has 1 rings (SSSR count). The second-order valence-electron chi connectivity index (χ2n) is 4.19. The van der Waals surface area contributed by atoms with Crippen LogP contribution in [0.3, 0.4) is 0 Å². The number of hydrogen-bond acceptors (Lipinski definition) is 4. The molecule has 0 amide bonds. The molecule has 0 aliphatic carbocycles. The molecule has 122 valence electrons. The lowest BCUT2D eigenvalue weighted by Gasteiger charge is -2.19. The number of methoxy groups -OCH3 is 1. The molecular formula is C15H14ClNO5S. The van der Waals surface area contributed by atoms with Gasteiger partial charge in [-0.1, -0.05) is 23.4 Å². The molecule has 0 saturated carbocycles. The lowest BCUT2D eigenvalue weighted by Crippen LogP contribution is -2.32. The molecule has 1 N–H and O–H groups in total. The molecule has 0 aliphatic rings. The van der Waals surface area contributed by atoms with Crippen LogP contribution in [0, 0.1) is 24.2 Å². The van der Waals surface area contributed by atoms with Gasteiger partial charge in [0.15, 0.2) is 0 Å². The summed E-state index contributed by atoms with van der Waals surface area (Å²) >= 11 is 5.95. The molecule has 0 aliphatic heterocycles. The van der Waals surface area contributed by atoms with Crippen molar-refractivity contribution in [3.63, 3.8) is 0 Å². The van der Waals surface area contributed by atoms with E-state index in [1.807, 2.05) is 0 Å². The van der Waals surface area contributed by atoms with Crippen molar-refractivity contribution in [1.82, 2.24) is 4.31 Å². The number of carboxylic acids is 1. The normalized spacial score (nSPS) is 10.6. The van der Waals surface area contributed by atoms with Gasteiger partial charge in [0.25, 0.3) is 0 Å². The van der Waals surface area contributed by atoms with Crippen LogP contribution in [0.5, 0.6) is 5.75 Å². The molecule has 1 aromatic carbocycles. The number of ether oxygens (including phenoxy) is 1. The molecule has 6 nitrogen and oxygen atoms in total. The van der Waals surface area contributed by atoms with Crippen molar-refractivity contribution in [2.24, 2.45) is 0 Å². The highest BCUT2D eigenvalue weighted by molar-refractivity contribution is 7.89. The lowest BCUT2D eigenvalue weighted by molar-refractivity contribution is 0.0693. The highest BCUT2D eigenvalue weighted by Gasteiger charge is 2.28. The number of benzene rings is 1. The number of halogens is 1. The summed E-state index contributed by atoms with van der Waals surface area (Å²) in [5, 5.41) is 8.84. The molecule has 0 fully saturated rings. The van der Waals surface area contributed by atoms with Crippen molar-refractivity contribution in [3.8, 4) is 29.9 Å². The zero-order chi connectivity index (χ0) is 17.6. The molecule has 0 radical (unpaired) electrons. The summed E-state index contributed by atoms with van der Waals surface area (Å²) < 4.78 is 31.2. The van der Waals surface area contributed by atoms with Gasteiger partial charge in [-0.05, 0) is 13.0 Å². The van der Waals surface area contributed by atoms with Crippen molar-refractivity contribution in [3.05, 3.63) is 22.7 Å². The second kappa shape index (κ2) is 7.89. The fraction of sp³-hybridized carbons (Fsp3) is 0.267. The van der Waals surface area contributed by atoms with Crippen LogP contribution in [0.1, 0.15) is 17.3 Å². The van der Waals surface area contributed by atoms with Gasteiger partial charge < -0.3 is 9.84 Å². The molecule has 8 heteroatoms. The molecule has 0 saturated heterocycles. The van der Waals surface area contributed by atoms with E-state index in [4.69, 9.17) is 27.9 Å². The number of terminal acetylenes is 1. The zero-order valence-corrected chi connectivity index (χ0v) is 14.0. The van der Waals surface area contributed by atoms with Crippen molar-refractivity contribution >= 4 is 27.6 Å². The van der Waals surface area contributed by atoms with Crippen LogP contribution in [-0.4, -0.2) is 44.0 Å². The van der Waals surface area contributed by atoms with Gasteiger partial charge in [0, 0.05) is 6.07 Å². The number of carboxylic acid groups (broad SMARTS) is 1. The van der Waals surface area contributed by atoms with Gasteiger partial charge in [-0.2, -0.15) is 4.31 Å². The Hall–Kier alpha value is -2.19. The predicted molar refractivity (Wildman–Crippen MR) is 86.0 cm³/mol. The van der Waals surface area contributed by atoms with E-state index >= 15 is 0 Å². The van der Waals surface area contributed by atoms with Gasteiger partial charge >= 0.3 is 5.97 Å². The summed E-state index contributed by atoms with van der Waals surface area (Å²) in [4.78, 5) is 10.8. The minimum absolute atomic E-state index is 0.109. The summed E-state index contributed by atoms with van der Waals surface area (Å²) in [6.07, 6.45) is 5.19. The smallest absolute Gasteiger partial charge is 0.339 e. The van der Waals surface area contributed by atoms with Crippen LogP contribution in [0.25, 0.3) is 0 Å². The van der Waals surface area contributed by atoms with Crippen LogP contribution in [0.4, 0.5) is 0 Å². The van der Waals surface area contributed by atoms with E-state index in [1.165, 1.54) is 7.11 Å². The van der Waals surface area contributed by atoms with Crippen LogP contribution in [0.15, 0.2) is 17.0 Å². The quantitative estimate of drug-likeness (QED) is 0.785. The van der Waals surface area contributed by atoms with Gasteiger partial charge in [-0.15, -0.1) is 12.3 Å². The van der Waals surface area contributed by atoms with E-state index in [2.05, 4.69) is 17.8 Å². The van der Waals surface area contributed by atoms with E-state index in [0.29, 0.717) is 0 Å². The zero-order valence-electron chi connectivity index (χ0n) is 12.5. The predicted octanol–water partition coefficient (Wildman–Crippen LogP) is 1.69. The fourth-order valence-corrected chi connectivity index (χ4v) is 3.48. The van der Waals surface area contributed by atoms with Crippen molar-refractivity contribution in [2.75, 3.05) is 20.2 Å². The lowest BCUT2D eigenvalue weighted by atomic mass is 10.2. The molecule has 0 atom stereocenters. The van der Waals surface area contributed by atoms with E-state index in [1.54, 1.807) is 6.92 Å². The third kappa shape index (κ3) is 4.17. The second-order valence-corrected chi connectivity index (χ2v) is 6.51. The van der Waals surface area contributed by atoms with Crippen molar-refractivity contribution in [2.45, 2.75) is 11.8 Å². The molecule has 0 heterocycles. The van der Waals surface area contributed by atoms with E-state index < -0.39 is 16.0 Å². The van der Waals surface area contributed by atoms with Gasteiger partial charge in [-0.25, -0.2) is 13.2 Å². The minimum Gasteiger partial charge on any atom is -0.496 e. The van der Waals surface area contributed by atoms with Gasteiger partial charge in [0.1, 0.15) is 16.2 Å². The number of nitrogens with zero attached hydrogens (tertiary/aromatic N) is 1. The van der Waals surface area contributed by atoms with Crippen LogP contribution < -0.4 is 4.74 Å². The first-order valence-corrected chi connectivity index (χ1v) is 8.05. The van der Waals surface area contributed by atoms with E-state index in [0.717, 1.165) is 16.4 Å². The van der Waals surface area contributed by atoms with Crippen LogP contribution in [-0.2, 0) is 10.0 Å². The Bertz CT molecular complexity index is 815. The fourth-order valence-electron chi connectivity index (χ4n) is 1.70. The Labute approximate surface area is 140 Å². The summed E-state index contributed by atoms with van der Waals surface area (Å²) in [6.45, 7) is 1.26. The van der Waals surface area contributed by atoms with E-state index in [-0.39, 0.29) is 34.3 Å². The molecule has 1 aromatic rings.